The van der Waals surface area contributed by atoms with Crippen molar-refractivity contribution >= 4 is 40.3 Å². The first-order valence-electron chi connectivity index (χ1n) is 9.93. The Labute approximate surface area is 192 Å². The van der Waals surface area contributed by atoms with Gasteiger partial charge in [0.05, 0.1) is 27.9 Å². The first-order valence-corrected chi connectivity index (χ1v) is 11.7. The minimum Gasteiger partial charge on any atom is -0.452 e. The molecule has 1 aliphatic heterocycles. The molecule has 7 nitrogen and oxygen atoms in total. The zero-order valence-electron chi connectivity index (χ0n) is 16.8. The number of amides is 1. The number of hydrogen-bond acceptors (Lipinski definition) is 7. The van der Waals surface area contributed by atoms with E-state index < -0.39 is 12.6 Å². The van der Waals surface area contributed by atoms with Crippen LogP contribution in [0.5, 0.6) is 0 Å². The molecule has 0 saturated heterocycles. The van der Waals surface area contributed by atoms with E-state index in [-0.39, 0.29) is 11.9 Å². The van der Waals surface area contributed by atoms with Crippen LogP contribution < -0.4 is 0 Å². The lowest BCUT2D eigenvalue weighted by molar-refractivity contribution is -0.136. The minimum atomic E-state index is -0.584. The number of benzene rings is 1. The van der Waals surface area contributed by atoms with Crippen LogP contribution in [0, 0.1) is 0 Å². The molecule has 5 rings (SSSR count). The van der Waals surface area contributed by atoms with Crippen molar-refractivity contribution in [3.63, 3.8) is 0 Å². The van der Waals surface area contributed by atoms with Crippen LogP contribution in [0.25, 0.3) is 5.69 Å². The standard InChI is InChI=1S/C23H18N4O3S2/c28-22(15-30-23(29)16-6-1-2-7-18(16)26-11-5-10-24-26)27-19(21-9-4-13-32-21)14-17(25-27)20-8-3-12-31-20/h1-13,19H,14-15H2. The third-order valence-electron chi connectivity index (χ3n) is 5.05. The summed E-state index contributed by atoms with van der Waals surface area (Å²) < 4.78 is 6.98. The number of thiophene rings is 2. The van der Waals surface area contributed by atoms with E-state index in [2.05, 4.69) is 10.2 Å². The molecule has 1 amide bonds. The largest absolute Gasteiger partial charge is 0.452 e. The average Bonchev–Trinajstić information content (AvgIpc) is 3.63. The zero-order valence-corrected chi connectivity index (χ0v) is 18.5. The molecule has 0 saturated carbocycles. The molecular formula is C23H18N4O3S2. The zero-order chi connectivity index (χ0) is 21.9. The van der Waals surface area contributed by atoms with Gasteiger partial charge in [0.2, 0.25) is 0 Å². The van der Waals surface area contributed by atoms with E-state index in [4.69, 9.17) is 4.74 Å². The van der Waals surface area contributed by atoms with Crippen molar-refractivity contribution in [2.45, 2.75) is 12.5 Å². The molecule has 160 valence electrons. The van der Waals surface area contributed by atoms with E-state index in [1.54, 1.807) is 64.0 Å². The lowest BCUT2D eigenvalue weighted by Gasteiger charge is -2.20. The Balaban J connectivity index is 1.33. The smallest absolute Gasteiger partial charge is 0.340 e. The van der Waals surface area contributed by atoms with Gasteiger partial charge in [0.15, 0.2) is 6.61 Å². The molecule has 0 aliphatic carbocycles. The molecule has 0 radical (unpaired) electrons. The Morgan fingerprint density at radius 3 is 2.62 bits per heavy atom. The number of hydrogen-bond donors (Lipinski definition) is 0. The fourth-order valence-electron chi connectivity index (χ4n) is 3.56. The van der Waals surface area contributed by atoms with Crippen molar-refractivity contribution in [2.24, 2.45) is 5.10 Å². The van der Waals surface area contributed by atoms with E-state index in [1.807, 2.05) is 41.1 Å². The van der Waals surface area contributed by atoms with Gasteiger partial charge >= 0.3 is 5.97 Å². The molecular weight excluding hydrogens is 444 g/mol. The molecule has 0 N–H and O–H groups in total. The highest BCUT2D eigenvalue weighted by Crippen LogP contribution is 2.36. The summed E-state index contributed by atoms with van der Waals surface area (Å²) in [6.45, 7) is -0.393. The number of ether oxygens (including phenoxy) is 1. The minimum absolute atomic E-state index is 0.199. The van der Waals surface area contributed by atoms with Crippen molar-refractivity contribution in [1.82, 2.24) is 14.8 Å². The van der Waals surface area contributed by atoms with Crippen molar-refractivity contribution < 1.29 is 14.3 Å². The van der Waals surface area contributed by atoms with Gasteiger partial charge in [-0.2, -0.15) is 10.2 Å². The Hall–Kier alpha value is -3.56. The maximum absolute atomic E-state index is 13.0. The Bertz CT molecular complexity index is 1250. The normalized spacial score (nSPS) is 15.6. The SMILES string of the molecule is O=C(OCC(=O)N1N=C(c2cccs2)CC1c1cccs1)c1ccccc1-n1cccn1. The average molecular weight is 463 g/mol. The molecule has 0 spiro atoms. The quantitative estimate of drug-likeness (QED) is 0.395. The van der Waals surface area contributed by atoms with Crippen molar-refractivity contribution in [2.75, 3.05) is 6.61 Å². The lowest BCUT2D eigenvalue weighted by atomic mass is 10.1. The van der Waals surface area contributed by atoms with Crippen LogP contribution in [0.3, 0.4) is 0 Å². The molecule has 3 aromatic heterocycles. The van der Waals surface area contributed by atoms with Gasteiger partial charge in [-0.05, 0) is 41.1 Å². The summed E-state index contributed by atoms with van der Waals surface area (Å²) in [5, 5.41) is 14.2. The third-order valence-corrected chi connectivity index (χ3v) is 6.94. The molecule has 1 atom stereocenters. The summed E-state index contributed by atoms with van der Waals surface area (Å²) >= 11 is 3.17. The van der Waals surface area contributed by atoms with Crippen LogP contribution in [-0.2, 0) is 9.53 Å². The van der Waals surface area contributed by atoms with Crippen LogP contribution in [0.4, 0.5) is 0 Å². The van der Waals surface area contributed by atoms with Gasteiger partial charge in [-0.15, -0.1) is 22.7 Å². The Kier molecular flexibility index (Phi) is 5.66. The van der Waals surface area contributed by atoms with Gasteiger partial charge < -0.3 is 4.74 Å². The summed E-state index contributed by atoms with van der Waals surface area (Å²) in [4.78, 5) is 27.9. The monoisotopic (exact) mass is 462 g/mol. The summed E-state index contributed by atoms with van der Waals surface area (Å²) in [6, 6.07) is 16.5. The van der Waals surface area contributed by atoms with Gasteiger partial charge in [0.25, 0.3) is 5.91 Å². The Morgan fingerprint density at radius 1 is 1.03 bits per heavy atom. The van der Waals surface area contributed by atoms with Crippen LogP contribution in [0.1, 0.15) is 32.6 Å². The molecule has 0 bridgehead atoms. The maximum atomic E-state index is 13.0. The molecule has 1 aliphatic rings. The van der Waals surface area contributed by atoms with Gasteiger partial charge in [-0.3, -0.25) is 4.79 Å². The second-order valence-corrected chi connectivity index (χ2v) is 8.97. The van der Waals surface area contributed by atoms with Crippen LogP contribution in [-0.4, -0.2) is 39.0 Å². The van der Waals surface area contributed by atoms with Crippen LogP contribution in [0.15, 0.2) is 82.9 Å². The molecule has 1 unspecified atom stereocenters. The van der Waals surface area contributed by atoms with Crippen molar-refractivity contribution in [3.05, 3.63) is 93.1 Å². The van der Waals surface area contributed by atoms with Gasteiger partial charge in [0.1, 0.15) is 0 Å². The number of para-hydroxylation sites is 1. The fourth-order valence-corrected chi connectivity index (χ4v) is 5.10. The van der Waals surface area contributed by atoms with E-state index in [9.17, 15) is 9.59 Å². The van der Waals surface area contributed by atoms with Gasteiger partial charge in [0, 0.05) is 23.7 Å². The maximum Gasteiger partial charge on any atom is 0.340 e. The van der Waals surface area contributed by atoms with E-state index >= 15 is 0 Å². The first kappa shape index (κ1) is 20.3. The summed E-state index contributed by atoms with van der Waals surface area (Å²) in [5.41, 5.74) is 1.79. The molecule has 32 heavy (non-hydrogen) atoms. The highest BCUT2D eigenvalue weighted by molar-refractivity contribution is 7.12. The summed E-state index contributed by atoms with van der Waals surface area (Å²) in [7, 11) is 0. The molecule has 4 aromatic rings. The van der Waals surface area contributed by atoms with E-state index in [1.165, 1.54) is 5.01 Å². The number of carbonyl (C=O) groups excluding carboxylic acids is 2. The van der Waals surface area contributed by atoms with Gasteiger partial charge in [-0.25, -0.2) is 14.5 Å². The number of carbonyl (C=O) groups is 2. The molecule has 4 heterocycles. The molecule has 1 aromatic carbocycles. The van der Waals surface area contributed by atoms with Gasteiger partial charge in [-0.1, -0.05) is 24.3 Å². The topological polar surface area (TPSA) is 76.8 Å². The number of hydrazone groups is 1. The highest BCUT2D eigenvalue weighted by atomic mass is 32.1. The Morgan fingerprint density at radius 2 is 1.88 bits per heavy atom. The molecule has 9 heteroatoms. The summed E-state index contributed by atoms with van der Waals surface area (Å²) in [5.74, 6) is -0.946. The highest BCUT2D eigenvalue weighted by Gasteiger charge is 2.34. The van der Waals surface area contributed by atoms with Crippen molar-refractivity contribution in [1.29, 1.82) is 0 Å². The van der Waals surface area contributed by atoms with E-state index in [0.29, 0.717) is 17.7 Å². The lowest BCUT2D eigenvalue weighted by Crippen LogP contribution is -2.31. The predicted octanol–water partition coefficient (Wildman–Crippen LogP) is 4.53. The van der Waals surface area contributed by atoms with Crippen LogP contribution in [0.2, 0.25) is 0 Å². The number of esters is 1. The van der Waals surface area contributed by atoms with E-state index in [0.717, 1.165) is 15.5 Å². The molecule has 0 fully saturated rings. The van der Waals surface area contributed by atoms with Crippen molar-refractivity contribution in [3.8, 4) is 5.69 Å². The first-order chi connectivity index (χ1) is 15.7. The second kappa shape index (κ2) is 8.89. The van der Waals surface area contributed by atoms with Crippen LogP contribution >= 0.6 is 22.7 Å². The fraction of sp³-hybridized carbons (Fsp3) is 0.130. The predicted molar refractivity (Wildman–Crippen MR) is 123 cm³/mol. The number of rotatable bonds is 6. The number of nitrogens with zero attached hydrogens (tertiary/aromatic N) is 4. The number of aromatic nitrogens is 2. The second-order valence-electron chi connectivity index (χ2n) is 7.04. The summed E-state index contributed by atoms with van der Waals surface area (Å²) in [6.07, 6.45) is 4.00. The third kappa shape index (κ3) is 4.00.